The third-order valence-electron chi connectivity index (χ3n) is 4.81. The van der Waals surface area contributed by atoms with Gasteiger partial charge in [0.25, 0.3) is 0 Å². The van der Waals surface area contributed by atoms with Crippen LogP contribution in [0.15, 0.2) is 53.1 Å². The number of nitrogens with zero attached hydrogens (tertiary/aromatic N) is 1. The average Bonchev–Trinajstić information content (AvgIpc) is 3.06. The molecule has 3 rings (SSSR count). The van der Waals surface area contributed by atoms with Gasteiger partial charge < -0.3 is 14.6 Å². The van der Waals surface area contributed by atoms with E-state index in [9.17, 15) is 4.79 Å². The number of benzene rings is 2. The smallest absolute Gasteiger partial charge is 0.224 e. The van der Waals surface area contributed by atoms with Gasteiger partial charge in [-0.25, -0.2) is 0 Å². The van der Waals surface area contributed by atoms with Crippen molar-refractivity contribution in [1.82, 2.24) is 10.5 Å². The van der Waals surface area contributed by atoms with Crippen molar-refractivity contribution in [2.75, 3.05) is 12.3 Å². The zero-order valence-corrected chi connectivity index (χ0v) is 18.6. The second-order valence-electron chi connectivity index (χ2n) is 7.30. The fourth-order valence-corrected chi connectivity index (χ4v) is 3.77. The van der Waals surface area contributed by atoms with Gasteiger partial charge in [0, 0.05) is 18.1 Å². The lowest BCUT2D eigenvalue weighted by Crippen LogP contribution is -2.27. The summed E-state index contributed by atoms with van der Waals surface area (Å²) >= 11 is 1.83. The average molecular weight is 425 g/mol. The molecule has 0 aliphatic rings. The van der Waals surface area contributed by atoms with Crippen LogP contribution in [0, 0.1) is 20.8 Å². The van der Waals surface area contributed by atoms with E-state index in [0.717, 1.165) is 39.8 Å². The highest BCUT2D eigenvalue weighted by atomic mass is 32.2. The molecule has 0 saturated carbocycles. The first kappa shape index (κ1) is 22.0. The van der Waals surface area contributed by atoms with Crippen LogP contribution in [0.3, 0.4) is 0 Å². The molecule has 0 spiro atoms. The lowest BCUT2D eigenvalue weighted by atomic mass is 10.1. The van der Waals surface area contributed by atoms with Crippen LogP contribution in [0.25, 0.3) is 0 Å². The first-order chi connectivity index (χ1) is 14.5. The Morgan fingerprint density at radius 1 is 1.03 bits per heavy atom. The van der Waals surface area contributed by atoms with Crippen molar-refractivity contribution in [1.29, 1.82) is 0 Å². The quantitative estimate of drug-likeness (QED) is 0.475. The maximum Gasteiger partial charge on any atom is 0.224 e. The van der Waals surface area contributed by atoms with Gasteiger partial charge in [-0.2, -0.15) is 11.8 Å². The van der Waals surface area contributed by atoms with Crippen LogP contribution in [-0.2, 0) is 23.6 Å². The highest BCUT2D eigenvalue weighted by Crippen LogP contribution is 2.18. The van der Waals surface area contributed by atoms with Gasteiger partial charge in [-0.05, 0) is 44.0 Å². The molecule has 30 heavy (non-hydrogen) atoms. The van der Waals surface area contributed by atoms with E-state index in [1.165, 1.54) is 11.1 Å². The number of aryl methyl sites for hydroxylation is 3. The van der Waals surface area contributed by atoms with Crippen molar-refractivity contribution in [3.63, 3.8) is 0 Å². The van der Waals surface area contributed by atoms with Crippen LogP contribution < -0.4 is 10.1 Å². The predicted octanol–water partition coefficient (Wildman–Crippen LogP) is 4.77. The second kappa shape index (κ2) is 10.9. The van der Waals surface area contributed by atoms with Gasteiger partial charge >= 0.3 is 0 Å². The molecule has 0 unspecified atom stereocenters. The molecule has 0 atom stereocenters. The summed E-state index contributed by atoms with van der Waals surface area (Å²) in [5.41, 5.74) is 5.37. The molecule has 0 bridgehead atoms. The van der Waals surface area contributed by atoms with Crippen LogP contribution in [-0.4, -0.2) is 23.4 Å². The van der Waals surface area contributed by atoms with Gasteiger partial charge in [-0.15, -0.1) is 0 Å². The third-order valence-corrected chi connectivity index (χ3v) is 5.84. The van der Waals surface area contributed by atoms with Crippen LogP contribution in [0.4, 0.5) is 0 Å². The summed E-state index contributed by atoms with van der Waals surface area (Å²) in [5, 5.41) is 6.92. The van der Waals surface area contributed by atoms with E-state index in [1.807, 2.05) is 49.9 Å². The molecular weight excluding hydrogens is 396 g/mol. The van der Waals surface area contributed by atoms with Crippen LogP contribution >= 0.6 is 11.8 Å². The molecule has 158 valence electrons. The van der Waals surface area contributed by atoms with Gasteiger partial charge in [0.05, 0.1) is 17.7 Å². The molecule has 0 aliphatic heterocycles. The molecule has 2 aromatic carbocycles. The standard InChI is InChI=1S/C24H28N2O3S/c1-17-4-6-21(7-5-17)16-30-13-12-25-24(27)14-20-8-10-22(11-9-20)28-15-23-18(2)26-29-19(23)3/h4-11H,12-16H2,1-3H3,(H,25,27). The minimum absolute atomic E-state index is 0.0373. The van der Waals surface area contributed by atoms with E-state index in [2.05, 4.69) is 41.7 Å². The number of carbonyl (C=O) groups is 1. The Kier molecular flexibility index (Phi) is 7.97. The predicted molar refractivity (Wildman–Crippen MR) is 121 cm³/mol. The summed E-state index contributed by atoms with van der Waals surface area (Å²) in [5.74, 6) is 3.43. The summed E-state index contributed by atoms with van der Waals surface area (Å²) in [4.78, 5) is 12.2. The van der Waals surface area contributed by atoms with Crippen molar-refractivity contribution in [2.24, 2.45) is 0 Å². The zero-order chi connectivity index (χ0) is 21.3. The van der Waals surface area contributed by atoms with Crippen LogP contribution in [0.2, 0.25) is 0 Å². The lowest BCUT2D eigenvalue weighted by Gasteiger charge is -2.08. The molecule has 6 heteroatoms. The summed E-state index contributed by atoms with van der Waals surface area (Å²) in [6.07, 6.45) is 0.368. The Bertz CT molecular complexity index is 930. The number of aromatic nitrogens is 1. The minimum atomic E-state index is 0.0373. The van der Waals surface area contributed by atoms with Crippen molar-refractivity contribution in [2.45, 2.75) is 39.6 Å². The third kappa shape index (κ3) is 6.66. The Morgan fingerprint density at radius 3 is 2.40 bits per heavy atom. The Hall–Kier alpha value is -2.73. The summed E-state index contributed by atoms with van der Waals surface area (Å²) < 4.78 is 10.9. The number of carbonyl (C=O) groups excluding carboxylic acids is 1. The first-order valence-electron chi connectivity index (χ1n) is 10.0. The molecular formula is C24H28N2O3S. The molecule has 0 radical (unpaired) electrons. The van der Waals surface area contributed by atoms with Gasteiger partial charge in [0.1, 0.15) is 18.1 Å². The van der Waals surface area contributed by atoms with E-state index in [4.69, 9.17) is 9.26 Å². The summed E-state index contributed by atoms with van der Waals surface area (Å²) in [7, 11) is 0. The van der Waals surface area contributed by atoms with Crippen molar-refractivity contribution >= 4 is 17.7 Å². The number of hydrogen-bond acceptors (Lipinski definition) is 5. The number of thioether (sulfide) groups is 1. The monoisotopic (exact) mass is 424 g/mol. The van der Waals surface area contributed by atoms with Crippen molar-refractivity contribution < 1.29 is 14.1 Å². The van der Waals surface area contributed by atoms with Gasteiger partial charge in [0.2, 0.25) is 5.91 Å². The fraction of sp³-hybridized carbons (Fsp3) is 0.333. The molecule has 0 aliphatic carbocycles. The Labute approximate surface area is 182 Å². The maximum atomic E-state index is 12.2. The highest BCUT2D eigenvalue weighted by molar-refractivity contribution is 7.98. The lowest BCUT2D eigenvalue weighted by molar-refractivity contribution is -0.120. The van der Waals surface area contributed by atoms with Gasteiger partial charge in [0.15, 0.2) is 0 Å². The number of ether oxygens (including phenoxy) is 1. The molecule has 3 aromatic rings. The summed E-state index contributed by atoms with van der Waals surface area (Å²) in [6, 6.07) is 16.2. The molecule has 1 heterocycles. The van der Waals surface area contributed by atoms with Gasteiger partial charge in [-0.3, -0.25) is 4.79 Å². The number of amides is 1. The molecule has 0 saturated heterocycles. The molecule has 1 aromatic heterocycles. The summed E-state index contributed by atoms with van der Waals surface area (Å²) in [6.45, 7) is 6.96. The van der Waals surface area contributed by atoms with Gasteiger partial charge in [-0.1, -0.05) is 47.1 Å². The fourth-order valence-electron chi connectivity index (χ4n) is 2.95. The second-order valence-corrected chi connectivity index (χ2v) is 8.41. The minimum Gasteiger partial charge on any atom is -0.489 e. The van der Waals surface area contributed by atoms with Crippen LogP contribution in [0.5, 0.6) is 5.75 Å². The van der Waals surface area contributed by atoms with Crippen molar-refractivity contribution in [3.8, 4) is 5.75 Å². The molecule has 1 amide bonds. The number of rotatable bonds is 10. The van der Waals surface area contributed by atoms with E-state index in [0.29, 0.717) is 19.6 Å². The number of nitrogens with one attached hydrogen (secondary N) is 1. The van der Waals surface area contributed by atoms with Crippen molar-refractivity contribution in [3.05, 3.63) is 82.2 Å². The SMILES string of the molecule is Cc1ccc(CSCCNC(=O)Cc2ccc(OCc3c(C)noc3C)cc2)cc1. The van der Waals surface area contributed by atoms with E-state index in [-0.39, 0.29) is 5.91 Å². The van der Waals surface area contributed by atoms with E-state index in [1.54, 1.807) is 0 Å². The molecule has 0 fully saturated rings. The van der Waals surface area contributed by atoms with Crippen LogP contribution in [0.1, 0.15) is 33.7 Å². The zero-order valence-electron chi connectivity index (χ0n) is 17.7. The Balaban J connectivity index is 1.34. The topological polar surface area (TPSA) is 64.4 Å². The highest BCUT2D eigenvalue weighted by Gasteiger charge is 2.10. The number of hydrogen-bond donors (Lipinski definition) is 1. The first-order valence-corrected chi connectivity index (χ1v) is 11.2. The normalized spacial score (nSPS) is 10.8. The molecule has 1 N–H and O–H groups in total. The van der Waals surface area contributed by atoms with E-state index >= 15 is 0 Å². The largest absolute Gasteiger partial charge is 0.489 e. The molecule has 5 nitrogen and oxygen atoms in total. The Morgan fingerprint density at radius 2 is 1.73 bits per heavy atom. The van der Waals surface area contributed by atoms with E-state index < -0.39 is 0 Å². The maximum absolute atomic E-state index is 12.2.